The lowest BCUT2D eigenvalue weighted by Crippen LogP contribution is -2.43. The number of piperidine rings is 1. The van der Waals surface area contributed by atoms with Crippen molar-refractivity contribution in [2.75, 3.05) is 20.2 Å². The second kappa shape index (κ2) is 5.97. The van der Waals surface area contributed by atoms with Crippen LogP contribution in [0.4, 0.5) is 0 Å². The Balaban J connectivity index is 2.00. The number of amides is 1. The fourth-order valence-corrected chi connectivity index (χ4v) is 2.27. The van der Waals surface area contributed by atoms with Crippen LogP contribution in [-0.2, 0) is 9.53 Å². The number of aryl methyl sites for hydroxylation is 1. The van der Waals surface area contributed by atoms with Crippen LogP contribution in [0, 0.1) is 6.92 Å². The van der Waals surface area contributed by atoms with Gasteiger partial charge in [0.2, 0.25) is 5.78 Å². The molecule has 1 aliphatic rings. The van der Waals surface area contributed by atoms with Crippen LogP contribution >= 0.6 is 0 Å². The van der Waals surface area contributed by atoms with Gasteiger partial charge in [0.25, 0.3) is 5.91 Å². The molecule has 0 atom stereocenters. The molecule has 1 amide bonds. The van der Waals surface area contributed by atoms with E-state index in [1.807, 2.05) is 19.1 Å². The zero-order valence-electron chi connectivity index (χ0n) is 11.4. The molecule has 1 heterocycles. The Bertz CT molecular complexity index is 459. The summed E-state index contributed by atoms with van der Waals surface area (Å²) in [5, 5.41) is 0. The number of rotatable bonds is 3. The maximum absolute atomic E-state index is 12.1. The molecule has 0 bridgehead atoms. The number of hydrogen-bond acceptors (Lipinski definition) is 3. The zero-order valence-corrected chi connectivity index (χ0v) is 11.4. The SMILES string of the molecule is COC1CCN(C(=O)C(=O)c2ccc(C)cc2)CC1. The van der Waals surface area contributed by atoms with Gasteiger partial charge in [0.15, 0.2) is 0 Å². The summed E-state index contributed by atoms with van der Waals surface area (Å²) in [4.78, 5) is 25.8. The summed E-state index contributed by atoms with van der Waals surface area (Å²) >= 11 is 0. The topological polar surface area (TPSA) is 46.6 Å². The van der Waals surface area contributed by atoms with Crippen LogP contribution in [0.2, 0.25) is 0 Å². The Morgan fingerprint density at radius 3 is 2.26 bits per heavy atom. The van der Waals surface area contributed by atoms with E-state index in [1.165, 1.54) is 0 Å². The van der Waals surface area contributed by atoms with Crippen molar-refractivity contribution in [3.05, 3.63) is 35.4 Å². The fraction of sp³-hybridized carbons (Fsp3) is 0.467. The van der Waals surface area contributed by atoms with Crippen LogP contribution in [0.3, 0.4) is 0 Å². The van der Waals surface area contributed by atoms with E-state index in [1.54, 1.807) is 24.1 Å². The van der Waals surface area contributed by atoms with Gasteiger partial charge in [-0.2, -0.15) is 0 Å². The third-order valence-electron chi connectivity index (χ3n) is 3.57. The van der Waals surface area contributed by atoms with Crippen LogP contribution < -0.4 is 0 Å². The molecule has 0 saturated carbocycles. The summed E-state index contributed by atoms with van der Waals surface area (Å²) in [6.45, 7) is 3.13. The number of nitrogens with zero attached hydrogens (tertiary/aromatic N) is 1. The molecule has 0 aromatic heterocycles. The van der Waals surface area contributed by atoms with Crippen LogP contribution in [0.15, 0.2) is 24.3 Å². The van der Waals surface area contributed by atoms with Crippen molar-refractivity contribution < 1.29 is 14.3 Å². The molecule has 102 valence electrons. The van der Waals surface area contributed by atoms with Crippen LogP contribution in [-0.4, -0.2) is 42.9 Å². The Labute approximate surface area is 113 Å². The number of Topliss-reactive ketones (excluding diaryl/α,β-unsaturated/α-hetero) is 1. The van der Waals surface area contributed by atoms with Gasteiger partial charge in [-0.05, 0) is 19.8 Å². The molecule has 0 spiro atoms. The van der Waals surface area contributed by atoms with Crippen molar-refractivity contribution in [3.8, 4) is 0 Å². The first-order valence-electron chi connectivity index (χ1n) is 6.55. The van der Waals surface area contributed by atoms with Crippen LogP contribution in [0.5, 0.6) is 0 Å². The lowest BCUT2D eigenvalue weighted by atomic mass is 10.0. The van der Waals surface area contributed by atoms with Crippen molar-refractivity contribution >= 4 is 11.7 Å². The molecule has 0 radical (unpaired) electrons. The summed E-state index contributed by atoms with van der Waals surface area (Å²) in [5.74, 6) is -0.825. The van der Waals surface area contributed by atoms with Gasteiger partial charge in [0.05, 0.1) is 6.10 Å². The summed E-state index contributed by atoms with van der Waals surface area (Å²) in [7, 11) is 1.68. The summed E-state index contributed by atoms with van der Waals surface area (Å²) < 4.78 is 5.25. The molecule has 4 nitrogen and oxygen atoms in total. The van der Waals surface area contributed by atoms with E-state index < -0.39 is 11.7 Å². The highest BCUT2D eigenvalue weighted by atomic mass is 16.5. The first-order valence-corrected chi connectivity index (χ1v) is 6.55. The average Bonchev–Trinajstić information content (AvgIpc) is 2.46. The average molecular weight is 261 g/mol. The molecule has 1 aromatic rings. The molecule has 19 heavy (non-hydrogen) atoms. The standard InChI is InChI=1S/C15H19NO3/c1-11-3-5-12(6-4-11)14(17)15(18)16-9-7-13(19-2)8-10-16/h3-6,13H,7-10H2,1-2H3. The number of likely N-dealkylation sites (tertiary alicyclic amines) is 1. The molecular formula is C15H19NO3. The molecule has 4 heteroatoms. The number of carbonyl (C=O) groups is 2. The number of ether oxygens (including phenoxy) is 1. The molecule has 0 aliphatic carbocycles. The lowest BCUT2D eigenvalue weighted by Gasteiger charge is -2.30. The summed E-state index contributed by atoms with van der Waals surface area (Å²) in [6.07, 6.45) is 1.80. The van der Waals surface area contributed by atoms with E-state index in [4.69, 9.17) is 4.74 Å². The highest BCUT2D eigenvalue weighted by Crippen LogP contribution is 2.14. The minimum Gasteiger partial charge on any atom is -0.381 e. The summed E-state index contributed by atoms with van der Waals surface area (Å²) in [5.41, 5.74) is 1.54. The monoisotopic (exact) mass is 261 g/mol. The lowest BCUT2D eigenvalue weighted by molar-refractivity contribution is -0.128. The van der Waals surface area contributed by atoms with E-state index in [-0.39, 0.29) is 6.10 Å². The van der Waals surface area contributed by atoms with Crippen molar-refractivity contribution in [3.63, 3.8) is 0 Å². The third-order valence-corrected chi connectivity index (χ3v) is 3.57. The van der Waals surface area contributed by atoms with Gasteiger partial charge in [-0.1, -0.05) is 29.8 Å². The molecule has 0 unspecified atom stereocenters. The zero-order chi connectivity index (χ0) is 13.8. The minimum atomic E-state index is -0.420. The Morgan fingerprint density at radius 1 is 1.16 bits per heavy atom. The molecule has 2 rings (SSSR count). The number of ketones is 1. The summed E-state index contributed by atoms with van der Waals surface area (Å²) in [6, 6.07) is 7.10. The van der Waals surface area contributed by atoms with Gasteiger partial charge in [-0.3, -0.25) is 9.59 Å². The smallest absolute Gasteiger partial charge is 0.294 e. The van der Waals surface area contributed by atoms with Gasteiger partial charge in [0, 0.05) is 25.8 Å². The van der Waals surface area contributed by atoms with E-state index in [0.717, 1.165) is 18.4 Å². The number of benzene rings is 1. The number of carbonyl (C=O) groups excluding carboxylic acids is 2. The number of methoxy groups -OCH3 is 1. The molecule has 1 saturated heterocycles. The third kappa shape index (κ3) is 3.20. The predicted molar refractivity (Wildman–Crippen MR) is 72.1 cm³/mol. The van der Waals surface area contributed by atoms with Gasteiger partial charge >= 0.3 is 0 Å². The largest absolute Gasteiger partial charge is 0.381 e. The Morgan fingerprint density at radius 2 is 1.74 bits per heavy atom. The van der Waals surface area contributed by atoms with Crippen LogP contribution in [0.25, 0.3) is 0 Å². The van der Waals surface area contributed by atoms with Gasteiger partial charge in [-0.25, -0.2) is 0 Å². The van der Waals surface area contributed by atoms with Crippen molar-refractivity contribution in [1.82, 2.24) is 4.90 Å². The van der Waals surface area contributed by atoms with E-state index in [2.05, 4.69) is 0 Å². The Hall–Kier alpha value is -1.68. The molecule has 1 aliphatic heterocycles. The van der Waals surface area contributed by atoms with E-state index in [9.17, 15) is 9.59 Å². The second-order valence-corrected chi connectivity index (χ2v) is 4.92. The van der Waals surface area contributed by atoms with Crippen molar-refractivity contribution in [2.24, 2.45) is 0 Å². The maximum atomic E-state index is 12.1. The normalized spacial score (nSPS) is 16.4. The molecular weight excluding hydrogens is 242 g/mol. The maximum Gasteiger partial charge on any atom is 0.294 e. The van der Waals surface area contributed by atoms with Crippen molar-refractivity contribution in [2.45, 2.75) is 25.9 Å². The molecule has 1 aromatic carbocycles. The number of hydrogen-bond donors (Lipinski definition) is 0. The molecule has 1 fully saturated rings. The molecule has 0 N–H and O–H groups in total. The van der Waals surface area contributed by atoms with Gasteiger partial charge < -0.3 is 9.64 Å². The van der Waals surface area contributed by atoms with Gasteiger partial charge in [0.1, 0.15) is 0 Å². The van der Waals surface area contributed by atoms with E-state index in [0.29, 0.717) is 18.7 Å². The fourth-order valence-electron chi connectivity index (χ4n) is 2.27. The highest BCUT2D eigenvalue weighted by Gasteiger charge is 2.27. The van der Waals surface area contributed by atoms with Gasteiger partial charge in [-0.15, -0.1) is 0 Å². The first kappa shape index (κ1) is 13.7. The first-order chi connectivity index (χ1) is 9.11. The Kier molecular flexibility index (Phi) is 4.32. The highest BCUT2D eigenvalue weighted by molar-refractivity contribution is 6.42. The predicted octanol–water partition coefficient (Wildman–Crippen LogP) is 1.82. The van der Waals surface area contributed by atoms with E-state index >= 15 is 0 Å². The quantitative estimate of drug-likeness (QED) is 0.616. The van der Waals surface area contributed by atoms with Crippen molar-refractivity contribution in [1.29, 1.82) is 0 Å². The van der Waals surface area contributed by atoms with Crippen LogP contribution in [0.1, 0.15) is 28.8 Å². The minimum absolute atomic E-state index is 0.207. The second-order valence-electron chi connectivity index (χ2n) is 4.92.